The van der Waals surface area contributed by atoms with Crippen molar-refractivity contribution in [2.75, 3.05) is 0 Å². The normalized spacial score (nSPS) is 12.7. The Morgan fingerprint density at radius 3 is 2.50 bits per heavy atom. The lowest BCUT2D eigenvalue weighted by Crippen LogP contribution is -2.33. The smallest absolute Gasteiger partial charge is 0.333 e. The summed E-state index contributed by atoms with van der Waals surface area (Å²) in [4.78, 5) is 16.7. The van der Waals surface area contributed by atoms with Gasteiger partial charge in [0.2, 0.25) is 5.91 Å². The van der Waals surface area contributed by atoms with Gasteiger partial charge >= 0.3 is 6.55 Å². The number of amides is 1. The lowest BCUT2D eigenvalue weighted by Gasteiger charge is -2.22. The van der Waals surface area contributed by atoms with Gasteiger partial charge in [-0.05, 0) is 31.9 Å². The Morgan fingerprint density at radius 1 is 1.29 bits per heavy atom. The third-order valence-electron chi connectivity index (χ3n) is 3.99. The van der Waals surface area contributed by atoms with Gasteiger partial charge in [0.1, 0.15) is 0 Å². The molecule has 0 radical (unpaired) electrons. The molecule has 0 fully saturated rings. The average molecular weight is 336 g/mol. The molecule has 1 N–H and O–H groups in total. The summed E-state index contributed by atoms with van der Waals surface area (Å²) in [6.45, 7) is 4.45. The Bertz CT molecular complexity index is 698. The number of nitrogens with zero attached hydrogens (tertiary/aromatic N) is 3. The first-order chi connectivity index (χ1) is 11.3. The molecule has 24 heavy (non-hydrogen) atoms. The molecule has 1 amide bonds. The molecule has 0 aliphatic heterocycles. The predicted octanol–water partition coefficient (Wildman–Crippen LogP) is 3.35. The second-order valence-corrected chi connectivity index (χ2v) is 6.09. The van der Waals surface area contributed by atoms with Gasteiger partial charge in [-0.2, -0.15) is 13.9 Å². The number of nitrogens with one attached hydrogen (secondary N) is 1. The number of hydrogen-bond donors (Lipinski definition) is 1. The maximum atomic E-state index is 12.9. The van der Waals surface area contributed by atoms with Crippen LogP contribution in [0.15, 0.2) is 24.4 Å². The van der Waals surface area contributed by atoms with Crippen molar-refractivity contribution >= 4 is 5.91 Å². The lowest BCUT2D eigenvalue weighted by molar-refractivity contribution is -0.121. The fourth-order valence-electron chi connectivity index (χ4n) is 2.67. The second-order valence-electron chi connectivity index (χ2n) is 6.09. The molecular formula is C17H22F2N4O. The van der Waals surface area contributed by atoms with Crippen LogP contribution in [-0.2, 0) is 11.2 Å². The molecule has 2 heterocycles. The van der Waals surface area contributed by atoms with E-state index in [1.807, 2.05) is 32.0 Å². The van der Waals surface area contributed by atoms with Crippen molar-refractivity contribution < 1.29 is 13.6 Å². The van der Waals surface area contributed by atoms with Gasteiger partial charge in [0.05, 0.1) is 23.9 Å². The molecule has 0 aliphatic rings. The van der Waals surface area contributed by atoms with Gasteiger partial charge in [0.25, 0.3) is 0 Å². The van der Waals surface area contributed by atoms with Crippen molar-refractivity contribution in [1.29, 1.82) is 0 Å². The van der Waals surface area contributed by atoms with Crippen LogP contribution in [0.2, 0.25) is 0 Å². The minimum absolute atomic E-state index is 0.0143. The molecule has 0 saturated carbocycles. The Labute approximate surface area is 140 Å². The fourth-order valence-corrected chi connectivity index (χ4v) is 2.67. The third-order valence-corrected chi connectivity index (χ3v) is 3.99. The van der Waals surface area contributed by atoms with Gasteiger partial charge in [0.15, 0.2) is 0 Å². The summed E-state index contributed by atoms with van der Waals surface area (Å²) in [6, 6.07) is 5.30. The lowest BCUT2D eigenvalue weighted by atomic mass is 9.99. The fraction of sp³-hybridized carbons (Fsp3) is 0.471. The van der Waals surface area contributed by atoms with Crippen molar-refractivity contribution in [2.45, 2.75) is 46.7 Å². The number of hydrogen-bond acceptors (Lipinski definition) is 3. The topological polar surface area (TPSA) is 59.8 Å². The number of aromatic nitrogens is 3. The minimum Gasteiger partial charge on any atom is -0.347 e. The van der Waals surface area contributed by atoms with Crippen LogP contribution in [-0.4, -0.2) is 20.7 Å². The highest BCUT2D eigenvalue weighted by Crippen LogP contribution is 2.22. The highest BCUT2D eigenvalue weighted by Gasteiger charge is 2.23. The van der Waals surface area contributed by atoms with Gasteiger partial charge in [-0.25, -0.2) is 4.68 Å². The van der Waals surface area contributed by atoms with Crippen LogP contribution in [0.4, 0.5) is 8.78 Å². The van der Waals surface area contributed by atoms with E-state index in [0.717, 1.165) is 5.69 Å². The first kappa shape index (κ1) is 18.0. The predicted molar refractivity (Wildman–Crippen MR) is 86.6 cm³/mol. The Hall–Kier alpha value is -2.31. The number of carbonyl (C=O) groups is 1. The zero-order valence-electron chi connectivity index (χ0n) is 14.3. The molecule has 2 rings (SSSR count). The third kappa shape index (κ3) is 3.96. The van der Waals surface area contributed by atoms with Crippen LogP contribution in [0.5, 0.6) is 0 Å². The molecule has 7 heteroatoms. The summed E-state index contributed by atoms with van der Waals surface area (Å²) in [7, 11) is 0. The minimum atomic E-state index is -2.71. The number of pyridine rings is 1. The number of rotatable bonds is 6. The monoisotopic (exact) mass is 336 g/mol. The van der Waals surface area contributed by atoms with Crippen molar-refractivity contribution in [2.24, 2.45) is 5.92 Å². The van der Waals surface area contributed by atoms with Crippen LogP contribution in [0.1, 0.15) is 49.1 Å². The quantitative estimate of drug-likeness (QED) is 0.880. The summed E-state index contributed by atoms with van der Waals surface area (Å²) in [5.74, 6) is -0.0887. The van der Waals surface area contributed by atoms with Crippen LogP contribution >= 0.6 is 0 Å². The summed E-state index contributed by atoms with van der Waals surface area (Å²) in [5, 5.41) is 6.76. The van der Waals surface area contributed by atoms with E-state index in [0.29, 0.717) is 21.6 Å². The van der Waals surface area contributed by atoms with E-state index in [4.69, 9.17) is 0 Å². The number of aryl methyl sites for hydroxylation is 1. The summed E-state index contributed by atoms with van der Waals surface area (Å²) < 4.78 is 26.4. The molecule has 0 aromatic carbocycles. The molecule has 2 aromatic heterocycles. The Kier molecular flexibility index (Phi) is 5.64. The molecule has 0 aliphatic carbocycles. The van der Waals surface area contributed by atoms with E-state index in [2.05, 4.69) is 15.4 Å². The van der Waals surface area contributed by atoms with Crippen molar-refractivity contribution in [3.05, 3.63) is 47.0 Å². The van der Waals surface area contributed by atoms with Crippen LogP contribution in [0.3, 0.4) is 0 Å². The zero-order chi connectivity index (χ0) is 17.9. The molecule has 1 unspecified atom stereocenters. The van der Waals surface area contributed by atoms with E-state index < -0.39 is 6.55 Å². The number of halogens is 2. The molecule has 130 valence electrons. The zero-order valence-corrected chi connectivity index (χ0v) is 14.3. The molecule has 0 bridgehead atoms. The van der Waals surface area contributed by atoms with Crippen molar-refractivity contribution in [3.63, 3.8) is 0 Å². The number of alkyl halides is 2. The van der Waals surface area contributed by atoms with E-state index in [9.17, 15) is 13.6 Å². The van der Waals surface area contributed by atoms with Crippen molar-refractivity contribution in [3.8, 4) is 0 Å². The average Bonchev–Trinajstić information content (AvgIpc) is 2.81. The Morgan fingerprint density at radius 2 is 2.00 bits per heavy atom. The molecule has 5 nitrogen and oxygen atoms in total. The van der Waals surface area contributed by atoms with Gasteiger partial charge < -0.3 is 5.32 Å². The van der Waals surface area contributed by atoms with Crippen molar-refractivity contribution in [1.82, 2.24) is 20.1 Å². The first-order valence-corrected chi connectivity index (χ1v) is 7.84. The van der Waals surface area contributed by atoms with E-state index in [1.54, 1.807) is 20.0 Å². The highest BCUT2D eigenvalue weighted by atomic mass is 19.3. The van der Waals surface area contributed by atoms with E-state index in [1.165, 1.54) is 0 Å². The van der Waals surface area contributed by atoms with Crippen LogP contribution in [0.25, 0.3) is 0 Å². The van der Waals surface area contributed by atoms with E-state index >= 15 is 0 Å². The Balaban J connectivity index is 2.15. The molecule has 1 atom stereocenters. The SMILES string of the molecule is Cc1nn(C(F)F)c(C)c1CC(=O)NC(c1ccccn1)C(C)C. The maximum Gasteiger partial charge on any atom is 0.333 e. The first-order valence-electron chi connectivity index (χ1n) is 7.84. The maximum absolute atomic E-state index is 12.9. The highest BCUT2D eigenvalue weighted by molar-refractivity contribution is 5.79. The van der Waals surface area contributed by atoms with E-state index in [-0.39, 0.29) is 24.3 Å². The summed E-state index contributed by atoms with van der Waals surface area (Å²) in [6.07, 6.45) is 1.69. The standard InChI is InChI=1S/C17H22F2N4O/c1-10(2)16(14-7-5-6-8-20-14)21-15(24)9-13-11(3)22-23(12(13)4)17(18)19/h5-8,10,16-17H,9H2,1-4H3,(H,21,24). The summed E-state index contributed by atoms with van der Waals surface area (Å²) in [5.41, 5.74) is 2.08. The molecular weight excluding hydrogens is 314 g/mol. The molecule has 0 spiro atoms. The molecule has 0 saturated heterocycles. The largest absolute Gasteiger partial charge is 0.347 e. The number of carbonyl (C=O) groups excluding carboxylic acids is 1. The van der Waals surface area contributed by atoms with Gasteiger partial charge in [0, 0.05) is 17.5 Å². The van der Waals surface area contributed by atoms with Crippen LogP contribution in [0, 0.1) is 19.8 Å². The van der Waals surface area contributed by atoms with Gasteiger partial charge in [-0.3, -0.25) is 9.78 Å². The molecule has 2 aromatic rings. The van der Waals surface area contributed by atoms with Gasteiger partial charge in [-0.1, -0.05) is 19.9 Å². The van der Waals surface area contributed by atoms with Crippen LogP contribution < -0.4 is 5.32 Å². The van der Waals surface area contributed by atoms with Gasteiger partial charge in [-0.15, -0.1) is 0 Å². The second kappa shape index (κ2) is 7.51. The summed E-state index contributed by atoms with van der Waals surface area (Å²) >= 11 is 0.